The summed E-state index contributed by atoms with van der Waals surface area (Å²) in [6.07, 6.45) is 0. The van der Waals surface area contributed by atoms with E-state index in [1.54, 1.807) is 19.9 Å². The largest absolute Gasteiger partial charge is 0.479 e. The van der Waals surface area contributed by atoms with Crippen LogP contribution in [0.5, 0.6) is 0 Å². The normalized spacial score (nSPS) is 12.0. The Morgan fingerprint density at radius 1 is 1.26 bits per heavy atom. The Morgan fingerprint density at radius 3 is 2.48 bits per heavy atom. The van der Waals surface area contributed by atoms with E-state index in [0.717, 1.165) is 29.6 Å². The van der Waals surface area contributed by atoms with Gasteiger partial charge in [0.1, 0.15) is 6.54 Å². The second kappa shape index (κ2) is 6.55. The van der Waals surface area contributed by atoms with E-state index in [1.165, 1.54) is 4.68 Å². The Kier molecular flexibility index (Phi) is 4.73. The molecule has 2 rings (SSSR count). The molecule has 0 radical (unpaired) electrons. The zero-order chi connectivity index (χ0) is 17.1. The minimum atomic E-state index is -1.48. The van der Waals surface area contributed by atoms with Gasteiger partial charge in [-0.2, -0.15) is 5.10 Å². The number of nitrogens with zero attached hydrogens (tertiary/aromatic N) is 2. The molecule has 0 aliphatic rings. The number of hydrogen-bond acceptors (Lipinski definition) is 3. The third-order valence-electron chi connectivity index (χ3n) is 3.23. The lowest BCUT2D eigenvalue weighted by molar-refractivity contribution is -0.142. The zero-order valence-electron chi connectivity index (χ0n) is 12.5. The molecule has 1 unspecified atom stereocenters. The summed E-state index contributed by atoms with van der Waals surface area (Å²) in [6.45, 7) is 3.35. The van der Waals surface area contributed by atoms with Gasteiger partial charge in [-0.3, -0.25) is 9.48 Å². The number of carboxylic acid groups (broad SMARTS) is 1. The maximum absolute atomic E-state index is 13.2. The number of nitrogens with one attached hydrogen (secondary N) is 1. The lowest BCUT2D eigenvalue weighted by atomic mass is 10.1. The van der Waals surface area contributed by atoms with Gasteiger partial charge in [0.15, 0.2) is 17.7 Å². The predicted molar refractivity (Wildman–Crippen MR) is 76.6 cm³/mol. The number of halogens is 2. The van der Waals surface area contributed by atoms with Crippen LogP contribution in [0.1, 0.15) is 23.0 Å². The van der Waals surface area contributed by atoms with Crippen LogP contribution in [0, 0.1) is 25.5 Å². The molecule has 1 atom stereocenters. The maximum Gasteiger partial charge on any atom is 0.330 e. The van der Waals surface area contributed by atoms with Crippen LogP contribution in [0.25, 0.3) is 0 Å². The van der Waals surface area contributed by atoms with E-state index in [-0.39, 0.29) is 12.1 Å². The van der Waals surface area contributed by atoms with Gasteiger partial charge in [-0.05, 0) is 37.6 Å². The van der Waals surface area contributed by atoms with E-state index in [4.69, 9.17) is 0 Å². The van der Waals surface area contributed by atoms with Gasteiger partial charge in [0.2, 0.25) is 5.91 Å². The van der Waals surface area contributed by atoms with E-state index < -0.39 is 29.6 Å². The molecule has 0 aliphatic heterocycles. The Balaban J connectivity index is 2.16. The van der Waals surface area contributed by atoms with Crippen molar-refractivity contribution < 1.29 is 23.5 Å². The smallest absolute Gasteiger partial charge is 0.330 e. The minimum absolute atomic E-state index is 0.0573. The van der Waals surface area contributed by atoms with Gasteiger partial charge in [-0.25, -0.2) is 13.6 Å². The van der Waals surface area contributed by atoms with Crippen molar-refractivity contribution in [1.29, 1.82) is 0 Å². The fourth-order valence-corrected chi connectivity index (χ4v) is 2.16. The average Bonchev–Trinajstić information content (AvgIpc) is 2.77. The Hall–Kier alpha value is -2.77. The summed E-state index contributed by atoms with van der Waals surface area (Å²) in [4.78, 5) is 23.3. The van der Waals surface area contributed by atoms with Crippen LogP contribution in [0.4, 0.5) is 8.78 Å². The lowest BCUT2D eigenvalue weighted by Crippen LogP contribution is -2.36. The minimum Gasteiger partial charge on any atom is -0.479 e. The van der Waals surface area contributed by atoms with Crippen molar-refractivity contribution in [3.05, 3.63) is 52.9 Å². The van der Waals surface area contributed by atoms with Gasteiger partial charge in [0, 0.05) is 5.69 Å². The lowest BCUT2D eigenvalue weighted by Gasteiger charge is -2.15. The fourth-order valence-electron chi connectivity index (χ4n) is 2.16. The van der Waals surface area contributed by atoms with E-state index in [0.29, 0.717) is 0 Å². The van der Waals surface area contributed by atoms with Crippen LogP contribution in [-0.2, 0) is 16.1 Å². The Morgan fingerprint density at radius 2 is 1.96 bits per heavy atom. The molecule has 23 heavy (non-hydrogen) atoms. The second-order valence-electron chi connectivity index (χ2n) is 5.10. The molecular formula is C15H15F2N3O3. The monoisotopic (exact) mass is 323 g/mol. The summed E-state index contributed by atoms with van der Waals surface area (Å²) in [5.41, 5.74) is 1.42. The molecule has 1 aromatic heterocycles. The summed E-state index contributed by atoms with van der Waals surface area (Å²) < 4.78 is 27.6. The third kappa shape index (κ3) is 3.91. The van der Waals surface area contributed by atoms with Crippen LogP contribution in [0.2, 0.25) is 0 Å². The quantitative estimate of drug-likeness (QED) is 0.877. The van der Waals surface area contributed by atoms with Gasteiger partial charge < -0.3 is 10.4 Å². The van der Waals surface area contributed by atoms with E-state index in [9.17, 15) is 23.5 Å². The number of aliphatic carboxylic acids is 1. The molecule has 8 heteroatoms. The number of carbonyl (C=O) groups is 2. The summed E-state index contributed by atoms with van der Waals surface area (Å²) >= 11 is 0. The first-order valence-corrected chi connectivity index (χ1v) is 6.76. The maximum atomic E-state index is 13.2. The highest BCUT2D eigenvalue weighted by molar-refractivity contribution is 5.84. The Bertz CT molecular complexity index is 758. The summed E-state index contributed by atoms with van der Waals surface area (Å²) in [5.74, 6) is -4.25. The second-order valence-corrected chi connectivity index (χ2v) is 5.10. The van der Waals surface area contributed by atoms with Gasteiger partial charge in [0.05, 0.1) is 5.69 Å². The van der Waals surface area contributed by atoms with Crippen LogP contribution in [0.3, 0.4) is 0 Å². The number of hydrogen-bond donors (Lipinski definition) is 2. The van der Waals surface area contributed by atoms with Gasteiger partial charge in [-0.15, -0.1) is 0 Å². The zero-order valence-corrected chi connectivity index (χ0v) is 12.5. The molecule has 1 aromatic carbocycles. The first-order chi connectivity index (χ1) is 10.8. The molecule has 0 saturated heterocycles. The molecule has 122 valence electrons. The van der Waals surface area contributed by atoms with Crippen LogP contribution in [-0.4, -0.2) is 26.8 Å². The topological polar surface area (TPSA) is 84.2 Å². The summed E-state index contributed by atoms with van der Waals surface area (Å²) in [5, 5.41) is 15.6. The fraction of sp³-hybridized carbons (Fsp3) is 0.267. The molecule has 2 N–H and O–H groups in total. The average molecular weight is 323 g/mol. The molecule has 0 spiro atoms. The van der Waals surface area contributed by atoms with Gasteiger partial charge >= 0.3 is 5.97 Å². The third-order valence-corrected chi connectivity index (χ3v) is 3.23. The van der Waals surface area contributed by atoms with Crippen LogP contribution >= 0.6 is 0 Å². The molecule has 0 fully saturated rings. The molecule has 0 saturated carbocycles. The van der Waals surface area contributed by atoms with Crippen LogP contribution < -0.4 is 5.32 Å². The molecule has 6 nitrogen and oxygen atoms in total. The Labute approximate surface area is 130 Å². The first-order valence-electron chi connectivity index (χ1n) is 6.76. The number of amides is 1. The van der Waals surface area contributed by atoms with E-state index in [2.05, 4.69) is 10.4 Å². The number of carbonyl (C=O) groups excluding carboxylic acids is 1. The van der Waals surface area contributed by atoms with Gasteiger partial charge in [0.25, 0.3) is 0 Å². The van der Waals surface area contributed by atoms with Crippen molar-refractivity contribution in [3.8, 4) is 0 Å². The summed E-state index contributed by atoms with van der Waals surface area (Å²) in [7, 11) is 0. The highest BCUT2D eigenvalue weighted by Gasteiger charge is 2.23. The standard InChI is InChI=1S/C15H15F2N3O3/c1-8-5-9(2)20(19-8)7-13(21)18-14(15(22)23)10-3-4-11(16)12(17)6-10/h3-6,14H,7H2,1-2H3,(H,18,21)(H,22,23). The first kappa shape index (κ1) is 16.6. The van der Waals surface area contributed by atoms with Crippen molar-refractivity contribution in [2.75, 3.05) is 0 Å². The highest BCUT2D eigenvalue weighted by atomic mass is 19.2. The number of aromatic nitrogens is 2. The molecule has 1 heterocycles. The molecule has 2 aromatic rings. The number of aryl methyl sites for hydroxylation is 2. The molecular weight excluding hydrogens is 308 g/mol. The number of benzene rings is 1. The molecule has 0 bridgehead atoms. The summed E-state index contributed by atoms with van der Waals surface area (Å²) in [6, 6.07) is 2.97. The number of rotatable bonds is 5. The molecule has 0 aliphatic carbocycles. The van der Waals surface area contributed by atoms with Crippen molar-refractivity contribution in [1.82, 2.24) is 15.1 Å². The van der Waals surface area contributed by atoms with Crippen molar-refractivity contribution >= 4 is 11.9 Å². The van der Waals surface area contributed by atoms with Crippen molar-refractivity contribution in [2.45, 2.75) is 26.4 Å². The van der Waals surface area contributed by atoms with E-state index in [1.807, 2.05) is 0 Å². The SMILES string of the molecule is Cc1cc(C)n(CC(=O)NC(C(=O)O)c2ccc(F)c(F)c2)n1. The molecule has 1 amide bonds. The predicted octanol–water partition coefficient (Wildman–Crippen LogP) is 1.72. The van der Waals surface area contributed by atoms with E-state index >= 15 is 0 Å². The van der Waals surface area contributed by atoms with Crippen molar-refractivity contribution in [3.63, 3.8) is 0 Å². The van der Waals surface area contributed by atoms with Crippen molar-refractivity contribution in [2.24, 2.45) is 0 Å². The highest BCUT2D eigenvalue weighted by Crippen LogP contribution is 2.17. The number of carboxylic acids is 1. The van der Waals surface area contributed by atoms with Gasteiger partial charge in [-0.1, -0.05) is 6.07 Å². The van der Waals surface area contributed by atoms with Crippen LogP contribution in [0.15, 0.2) is 24.3 Å².